The molecular formula is C24H29FN2O3. The summed E-state index contributed by atoms with van der Waals surface area (Å²) in [5, 5.41) is 10.7. The summed E-state index contributed by atoms with van der Waals surface area (Å²) in [5.41, 5.74) is 2.40. The third kappa shape index (κ3) is 4.33. The van der Waals surface area contributed by atoms with Gasteiger partial charge in [0.1, 0.15) is 17.7 Å². The lowest BCUT2D eigenvalue weighted by atomic mass is 9.78. The van der Waals surface area contributed by atoms with Crippen molar-refractivity contribution in [2.75, 3.05) is 13.1 Å². The Labute approximate surface area is 176 Å². The minimum absolute atomic E-state index is 0.158. The fourth-order valence-corrected chi connectivity index (χ4v) is 4.73. The maximum Gasteiger partial charge on any atom is 0.222 e. The maximum absolute atomic E-state index is 13.7. The molecule has 2 heterocycles. The zero-order valence-electron chi connectivity index (χ0n) is 17.6. The summed E-state index contributed by atoms with van der Waals surface area (Å²) in [5.74, 6) is 1.16. The highest BCUT2D eigenvalue weighted by atomic mass is 19.1. The number of carbonyl (C=O) groups is 1. The highest BCUT2D eigenvalue weighted by molar-refractivity contribution is 5.76. The second-order valence-electron chi connectivity index (χ2n) is 8.67. The average molecular weight is 413 g/mol. The molecule has 1 saturated heterocycles. The number of aliphatic hydroxyl groups is 1. The number of pyridine rings is 1. The van der Waals surface area contributed by atoms with Crippen LogP contribution < -0.4 is 4.74 Å². The van der Waals surface area contributed by atoms with E-state index in [4.69, 9.17) is 4.74 Å². The fourth-order valence-electron chi connectivity index (χ4n) is 4.73. The number of amides is 1. The molecule has 1 N–H and O–H groups in total. The molecule has 0 radical (unpaired) electrons. The van der Waals surface area contributed by atoms with Crippen LogP contribution in [0, 0.1) is 31.5 Å². The first-order chi connectivity index (χ1) is 14.4. The summed E-state index contributed by atoms with van der Waals surface area (Å²) in [7, 11) is 0. The van der Waals surface area contributed by atoms with E-state index in [0.29, 0.717) is 61.9 Å². The standard InChI is InChI=1S/C24H29FN2O3/c1-15-16(2)22(7-6-20(15)25)30-23-11-19-14-27(13-18(19)10-21(23)28)24(29)8-5-17-4-3-9-26-12-17/h3-4,6-7,9,12,18-19,21,23,28H,5,8,10-11,13-14H2,1-2H3/t18-,19+,21+,23+/m0/s1. The van der Waals surface area contributed by atoms with Gasteiger partial charge in [0.15, 0.2) is 0 Å². The van der Waals surface area contributed by atoms with Crippen molar-refractivity contribution in [3.8, 4) is 5.75 Å². The Morgan fingerprint density at radius 2 is 1.97 bits per heavy atom. The molecular weight excluding hydrogens is 383 g/mol. The highest BCUT2D eigenvalue weighted by Crippen LogP contribution is 2.39. The number of aliphatic hydroxyl groups excluding tert-OH is 1. The van der Waals surface area contributed by atoms with Crippen LogP contribution in [0.2, 0.25) is 0 Å². The van der Waals surface area contributed by atoms with Gasteiger partial charge in [-0.3, -0.25) is 9.78 Å². The molecule has 1 aliphatic heterocycles. The van der Waals surface area contributed by atoms with Crippen molar-refractivity contribution in [2.24, 2.45) is 11.8 Å². The van der Waals surface area contributed by atoms with Crippen molar-refractivity contribution >= 4 is 5.91 Å². The highest BCUT2D eigenvalue weighted by Gasteiger charge is 2.43. The van der Waals surface area contributed by atoms with Gasteiger partial charge in [-0.1, -0.05) is 6.07 Å². The van der Waals surface area contributed by atoms with E-state index in [9.17, 15) is 14.3 Å². The molecule has 2 aliphatic rings. The van der Waals surface area contributed by atoms with Crippen LogP contribution in [0.15, 0.2) is 36.7 Å². The molecule has 0 spiro atoms. The number of carbonyl (C=O) groups excluding carboxylic acids is 1. The number of likely N-dealkylation sites (tertiary alicyclic amines) is 1. The first-order valence-electron chi connectivity index (χ1n) is 10.7. The molecule has 1 aromatic heterocycles. The zero-order chi connectivity index (χ0) is 21.3. The van der Waals surface area contributed by atoms with Gasteiger partial charge >= 0.3 is 0 Å². The van der Waals surface area contributed by atoms with Gasteiger partial charge in [-0.2, -0.15) is 0 Å². The third-order valence-electron chi connectivity index (χ3n) is 6.74. The Bertz CT molecular complexity index is 905. The van der Waals surface area contributed by atoms with E-state index in [2.05, 4.69) is 4.98 Å². The molecule has 2 fully saturated rings. The second kappa shape index (κ2) is 8.72. The lowest BCUT2D eigenvalue weighted by molar-refractivity contribution is -0.130. The summed E-state index contributed by atoms with van der Waals surface area (Å²) in [6, 6.07) is 6.92. The quantitative estimate of drug-likeness (QED) is 0.817. The Balaban J connectivity index is 1.35. The van der Waals surface area contributed by atoms with Crippen molar-refractivity contribution in [2.45, 2.75) is 51.7 Å². The first-order valence-corrected chi connectivity index (χ1v) is 10.7. The van der Waals surface area contributed by atoms with Gasteiger partial charge in [-0.25, -0.2) is 4.39 Å². The minimum atomic E-state index is -0.582. The Kier molecular flexibility index (Phi) is 6.04. The first kappa shape index (κ1) is 20.8. The van der Waals surface area contributed by atoms with E-state index in [1.165, 1.54) is 6.07 Å². The van der Waals surface area contributed by atoms with E-state index in [0.717, 1.165) is 11.1 Å². The van der Waals surface area contributed by atoms with E-state index in [1.54, 1.807) is 25.4 Å². The van der Waals surface area contributed by atoms with Crippen molar-refractivity contribution in [3.05, 3.63) is 59.2 Å². The topological polar surface area (TPSA) is 62.7 Å². The summed E-state index contributed by atoms with van der Waals surface area (Å²) in [6.45, 7) is 4.99. The number of halogens is 1. The van der Waals surface area contributed by atoms with Gasteiger partial charge in [0, 0.05) is 31.9 Å². The number of hydrogen-bond donors (Lipinski definition) is 1. The van der Waals surface area contributed by atoms with Gasteiger partial charge in [0.05, 0.1) is 6.10 Å². The summed E-state index contributed by atoms with van der Waals surface area (Å²) in [4.78, 5) is 18.7. The largest absolute Gasteiger partial charge is 0.487 e. The van der Waals surface area contributed by atoms with Crippen LogP contribution in [-0.2, 0) is 11.2 Å². The zero-order valence-corrected chi connectivity index (χ0v) is 17.6. The molecule has 6 heteroatoms. The number of nitrogens with zero attached hydrogens (tertiary/aromatic N) is 2. The SMILES string of the molecule is Cc1c(F)ccc(O[C@@H]2C[C@@H]3CN(C(=O)CCc4cccnc4)C[C@@H]3C[C@H]2O)c1C. The van der Waals surface area contributed by atoms with Crippen molar-refractivity contribution in [1.29, 1.82) is 0 Å². The van der Waals surface area contributed by atoms with E-state index >= 15 is 0 Å². The van der Waals surface area contributed by atoms with E-state index < -0.39 is 6.10 Å². The van der Waals surface area contributed by atoms with Gasteiger partial charge in [0.25, 0.3) is 0 Å². The number of aryl methyl sites for hydroxylation is 1. The van der Waals surface area contributed by atoms with Gasteiger partial charge in [-0.15, -0.1) is 0 Å². The number of rotatable bonds is 5. The van der Waals surface area contributed by atoms with Gasteiger partial charge in [-0.05, 0) is 79.8 Å². The number of fused-ring (bicyclic) bond motifs is 1. The predicted octanol–water partition coefficient (Wildman–Crippen LogP) is 3.45. The van der Waals surface area contributed by atoms with Crippen LogP contribution in [0.3, 0.4) is 0 Å². The van der Waals surface area contributed by atoms with E-state index in [-0.39, 0.29) is 17.8 Å². The van der Waals surface area contributed by atoms with E-state index in [1.807, 2.05) is 24.0 Å². The van der Waals surface area contributed by atoms with Crippen LogP contribution in [-0.4, -0.2) is 46.2 Å². The van der Waals surface area contributed by atoms with Gasteiger partial charge < -0.3 is 14.7 Å². The molecule has 30 heavy (non-hydrogen) atoms. The van der Waals surface area contributed by atoms with Crippen LogP contribution >= 0.6 is 0 Å². The number of aromatic nitrogens is 1. The molecule has 1 aromatic carbocycles. The van der Waals surface area contributed by atoms with Crippen molar-refractivity contribution in [3.63, 3.8) is 0 Å². The van der Waals surface area contributed by atoms with Crippen LogP contribution in [0.25, 0.3) is 0 Å². The molecule has 4 atom stereocenters. The van der Waals surface area contributed by atoms with Gasteiger partial charge in [0.2, 0.25) is 5.91 Å². The molecule has 1 amide bonds. The molecule has 4 rings (SSSR count). The number of ether oxygens (including phenoxy) is 1. The monoisotopic (exact) mass is 412 g/mol. The predicted molar refractivity (Wildman–Crippen MR) is 112 cm³/mol. The van der Waals surface area contributed by atoms with Crippen molar-refractivity contribution < 1.29 is 19.0 Å². The average Bonchev–Trinajstić information content (AvgIpc) is 3.16. The Morgan fingerprint density at radius 1 is 1.20 bits per heavy atom. The van der Waals surface area contributed by atoms with Crippen LogP contribution in [0.1, 0.15) is 36.0 Å². The maximum atomic E-state index is 13.7. The second-order valence-corrected chi connectivity index (χ2v) is 8.67. The summed E-state index contributed by atoms with van der Waals surface area (Å²) in [6.07, 6.45) is 5.11. The smallest absolute Gasteiger partial charge is 0.222 e. The molecule has 0 bridgehead atoms. The molecule has 2 aromatic rings. The lowest BCUT2D eigenvalue weighted by Gasteiger charge is -2.35. The lowest BCUT2D eigenvalue weighted by Crippen LogP contribution is -2.42. The van der Waals surface area contributed by atoms with Crippen LogP contribution in [0.5, 0.6) is 5.75 Å². The molecule has 160 valence electrons. The fraction of sp³-hybridized carbons (Fsp3) is 0.500. The Hall–Kier alpha value is -2.47. The molecule has 5 nitrogen and oxygen atoms in total. The minimum Gasteiger partial charge on any atom is -0.487 e. The molecule has 1 aliphatic carbocycles. The van der Waals surface area contributed by atoms with Crippen LogP contribution in [0.4, 0.5) is 4.39 Å². The molecule has 0 unspecified atom stereocenters. The molecule has 1 saturated carbocycles. The normalized spacial score (nSPS) is 25.8. The summed E-state index contributed by atoms with van der Waals surface area (Å²) < 4.78 is 19.9. The number of benzene rings is 1. The Morgan fingerprint density at radius 3 is 2.70 bits per heavy atom. The third-order valence-corrected chi connectivity index (χ3v) is 6.74. The van der Waals surface area contributed by atoms with Crippen molar-refractivity contribution in [1.82, 2.24) is 9.88 Å². The number of hydrogen-bond acceptors (Lipinski definition) is 4. The summed E-state index contributed by atoms with van der Waals surface area (Å²) >= 11 is 0.